The summed E-state index contributed by atoms with van der Waals surface area (Å²) in [6, 6.07) is 4.00. The molecule has 0 spiro atoms. The number of hydrogen-bond acceptors (Lipinski definition) is 5. The molecule has 0 amide bonds. The van der Waals surface area contributed by atoms with Gasteiger partial charge in [-0.05, 0) is 25.5 Å². The molecule has 1 atom stereocenters. The molecule has 0 saturated heterocycles. The Hall–Kier alpha value is -1.95. The van der Waals surface area contributed by atoms with Crippen molar-refractivity contribution in [3.63, 3.8) is 0 Å². The summed E-state index contributed by atoms with van der Waals surface area (Å²) in [4.78, 5) is 4.14. The standard InChI is InChI=1S/C14H17FN2O3/c1-3-6-11(19-4-2)13-16-14(20-17-13)12-9(15)7-5-8-10(12)18/h5,7-8,11,18H,3-4,6H2,1-2H3. The fraction of sp³-hybridized carbons (Fsp3) is 0.429. The van der Waals surface area contributed by atoms with Crippen molar-refractivity contribution in [2.45, 2.75) is 32.8 Å². The second kappa shape index (κ2) is 6.47. The molecule has 2 rings (SSSR count). The van der Waals surface area contributed by atoms with Crippen molar-refractivity contribution in [1.82, 2.24) is 10.1 Å². The topological polar surface area (TPSA) is 68.4 Å². The highest BCUT2D eigenvalue weighted by atomic mass is 19.1. The molecule has 6 heteroatoms. The number of aromatic hydroxyl groups is 1. The van der Waals surface area contributed by atoms with E-state index < -0.39 is 5.82 Å². The predicted molar refractivity (Wildman–Crippen MR) is 70.6 cm³/mol. The van der Waals surface area contributed by atoms with E-state index in [0.717, 1.165) is 12.8 Å². The molecule has 0 aliphatic heterocycles. The molecule has 0 saturated carbocycles. The lowest BCUT2D eigenvalue weighted by atomic mass is 10.2. The quantitative estimate of drug-likeness (QED) is 0.877. The van der Waals surface area contributed by atoms with Crippen LogP contribution < -0.4 is 0 Å². The molecule has 0 radical (unpaired) electrons. The van der Waals surface area contributed by atoms with E-state index in [-0.39, 0.29) is 23.3 Å². The Morgan fingerprint density at radius 2 is 2.20 bits per heavy atom. The van der Waals surface area contributed by atoms with Gasteiger partial charge in [0, 0.05) is 6.61 Å². The van der Waals surface area contributed by atoms with Crippen molar-refractivity contribution in [1.29, 1.82) is 0 Å². The molecule has 1 N–H and O–H groups in total. The summed E-state index contributed by atoms with van der Waals surface area (Å²) in [6.45, 7) is 4.43. The minimum Gasteiger partial charge on any atom is -0.507 e. The molecule has 0 aliphatic rings. The first-order valence-corrected chi connectivity index (χ1v) is 6.60. The molecular formula is C14H17FN2O3. The summed E-state index contributed by atoms with van der Waals surface area (Å²) < 4.78 is 24.3. The average Bonchev–Trinajstić information content (AvgIpc) is 2.87. The molecular weight excluding hydrogens is 263 g/mol. The zero-order valence-corrected chi connectivity index (χ0v) is 11.5. The van der Waals surface area contributed by atoms with Gasteiger partial charge in [0.15, 0.2) is 0 Å². The van der Waals surface area contributed by atoms with Crippen LogP contribution in [0.2, 0.25) is 0 Å². The van der Waals surface area contributed by atoms with Crippen molar-refractivity contribution >= 4 is 0 Å². The lowest BCUT2D eigenvalue weighted by Crippen LogP contribution is -2.06. The van der Waals surface area contributed by atoms with Crippen LogP contribution in [0.4, 0.5) is 4.39 Å². The fourth-order valence-corrected chi connectivity index (χ4v) is 1.94. The number of aromatic nitrogens is 2. The van der Waals surface area contributed by atoms with E-state index in [1.807, 2.05) is 13.8 Å². The van der Waals surface area contributed by atoms with E-state index in [0.29, 0.717) is 12.4 Å². The predicted octanol–water partition coefficient (Wildman–Crippen LogP) is 3.46. The van der Waals surface area contributed by atoms with Gasteiger partial charge < -0.3 is 14.4 Å². The summed E-state index contributed by atoms with van der Waals surface area (Å²) in [6.07, 6.45) is 1.37. The SMILES string of the molecule is CCCC(OCC)c1noc(-c2c(O)cccc2F)n1. The highest BCUT2D eigenvalue weighted by Gasteiger charge is 2.22. The zero-order chi connectivity index (χ0) is 14.5. The number of rotatable bonds is 6. The van der Waals surface area contributed by atoms with E-state index in [9.17, 15) is 9.50 Å². The fourth-order valence-electron chi connectivity index (χ4n) is 1.94. The second-order valence-electron chi connectivity index (χ2n) is 4.32. The van der Waals surface area contributed by atoms with E-state index in [4.69, 9.17) is 9.26 Å². The minimum absolute atomic E-state index is 0.0450. The number of nitrogens with zero attached hydrogens (tertiary/aromatic N) is 2. The number of hydrogen-bond donors (Lipinski definition) is 1. The maximum Gasteiger partial charge on any atom is 0.264 e. The van der Waals surface area contributed by atoms with Crippen molar-refractivity contribution < 1.29 is 18.8 Å². The Morgan fingerprint density at radius 3 is 2.85 bits per heavy atom. The van der Waals surface area contributed by atoms with Gasteiger partial charge in [0.1, 0.15) is 23.2 Å². The van der Waals surface area contributed by atoms with Crippen LogP contribution in [0.5, 0.6) is 5.75 Å². The van der Waals surface area contributed by atoms with Crippen molar-refractivity contribution in [2.75, 3.05) is 6.61 Å². The van der Waals surface area contributed by atoms with Gasteiger partial charge in [-0.3, -0.25) is 0 Å². The van der Waals surface area contributed by atoms with Crippen LogP contribution in [-0.4, -0.2) is 21.9 Å². The first-order chi connectivity index (χ1) is 9.67. The van der Waals surface area contributed by atoms with E-state index in [1.54, 1.807) is 0 Å². The lowest BCUT2D eigenvalue weighted by Gasteiger charge is -2.11. The van der Waals surface area contributed by atoms with Crippen LogP contribution in [0.3, 0.4) is 0 Å². The molecule has 5 nitrogen and oxygen atoms in total. The number of ether oxygens (including phenoxy) is 1. The summed E-state index contributed by atoms with van der Waals surface area (Å²) in [5, 5.41) is 13.5. The lowest BCUT2D eigenvalue weighted by molar-refractivity contribution is 0.0478. The summed E-state index contributed by atoms with van der Waals surface area (Å²) in [5.74, 6) is -0.518. The van der Waals surface area contributed by atoms with E-state index in [1.165, 1.54) is 18.2 Å². The molecule has 2 aromatic rings. The Kier molecular flexibility index (Phi) is 4.68. The van der Waals surface area contributed by atoms with Gasteiger partial charge in [0.25, 0.3) is 5.89 Å². The van der Waals surface area contributed by atoms with Crippen LogP contribution in [0.1, 0.15) is 38.6 Å². The van der Waals surface area contributed by atoms with Crippen LogP contribution >= 0.6 is 0 Å². The molecule has 1 heterocycles. The smallest absolute Gasteiger partial charge is 0.264 e. The van der Waals surface area contributed by atoms with Crippen LogP contribution in [0.15, 0.2) is 22.7 Å². The molecule has 1 aromatic carbocycles. The average molecular weight is 280 g/mol. The molecule has 1 aromatic heterocycles. The largest absolute Gasteiger partial charge is 0.507 e. The number of phenols is 1. The molecule has 0 bridgehead atoms. The number of benzene rings is 1. The van der Waals surface area contributed by atoms with Gasteiger partial charge >= 0.3 is 0 Å². The second-order valence-corrected chi connectivity index (χ2v) is 4.32. The van der Waals surface area contributed by atoms with Crippen LogP contribution in [-0.2, 0) is 4.74 Å². The normalized spacial score (nSPS) is 12.6. The Labute approximate surface area is 116 Å². The van der Waals surface area contributed by atoms with Crippen molar-refractivity contribution in [2.24, 2.45) is 0 Å². The molecule has 1 unspecified atom stereocenters. The van der Waals surface area contributed by atoms with Crippen molar-refractivity contribution in [3.8, 4) is 17.2 Å². The third-order valence-corrected chi connectivity index (χ3v) is 2.85. The summed E-state index contributed by atoms with van der Waals surface area (Å²) >= 11 is 0. The van der Waals surface area contributed by atoms with E-state index in [2.05, 4.69) is 10.1 Å². The Morgan fingerprint density at radius 1 is 1.40 bits per heavy atom. The first kappa shape index (κ1) is 14.5. The van der Waals surface area contributed by atoms with Gasteiger partial charge in [-0.25, -0.2) is 4.39 Å². The maximum absolute atomic E-state index is 13.7. The van der Waals surface area contributed by atoms with Crippen LogP contribution in [0.25, 0.3) is 11.5 Å². The monoisotopic (exact) mass is 280 g/mol. The van der Waals surface area contributed by atoms with Crippen molar-refractivity contribution in [3.05, 3.63) is 29.8 Å². The first-order valence-electron chi connectivity index (χ1n) is 6.60. The highest BCUT2D eigenvalue weighted by molar-refractivity contribution is 5.62. The summed E-state index contributed by atoms with van der Waals surface area (Å²) in [7, 11) is 0. The van der Waals surface area contributed by atoms with Gasteiger partial charge in [-0.2, -0.15) is 4.98 Å². The van der Waals surface area contributed by atoms with Crippen LogP contribution in [0, 0.1) is 5.82 Å². The van der Waals surface area contributed by atoms with Gasteiger partial charge in [-0.15, -0.1) is 0 Å². The zero-order valence-electron chi connectivity index (χ0n) is 11.5. The molecule has 108 valence electrons. The third-order valence-electron chi connectivity index (χ3n) is 2.85. The number of halogens is 1. The molecule has 0 aliphatic carbocycles. The van der Waals surface area contributed by atoms with E-state index >= 15 is 0 Å². The Balaban J connectivity index is 2.32. The summed E-state index contributed by atoms with van der Waals surface area (Å²) in [5.41, 5.74) is -0.0852. The van der Waals surface area contributed by atoms with Gasteiger partial charge in [-0.1, -0.05) is 24.6 Å². The molecule has 0 fully saturated rings. The Bertz CT molecular complexity index is 545. The minimum atomic E-state index is -0.608. The highest BCUT2D eigenvalue weighted by Crippen LogP contribution is 2.31. The molecule has 20 heavy (non-hydrogen) atoms. The third kappa shape index (κ3) is 2.96. The van der Waals surface area contributed by atoms with Gasteiger partial charge in [0.2, 0.25) is 5.82 Å². The van der Waals surface area contributed by atoms with Gasteiger partial charge in [0.05, 0.1) is 0 Å². The maximum atomic E-state index is 13.7. The number of phenolic OH excluding ortho intramolecular Hbond substituents is 1.